The molecule has 1 saturated heterocycles. The zero-order valence-corrected chi connectivity index (χ0v) is 12.2. The summed E-state index contributed by atoms with van der Waals surface area (Å²) in [5.41, 5.74) is 0.686. The van der Waals surface area contributed by atoms with E-state index in [4.69, 9.17) is 4.74 Å². The van der Waals surface area contributed by atoms with E-state index in [2.05, 4.69) is 9.88 Å². The van der Waals surface area contributed by atoms with Gasteiger partial charge in [-0.3, -0.25) is 0 Å². The van der Waals surface area contributed by atoms with Gasteiger partial charge in [-0.05, 0) is 26.2 Å². The van der Waals surface area contributed by atoms with Crippen LogP contribution in [-0.2, 0) is 11.2 Å². The Morgan fingerprint density at radius 2 is 2.37 bits per heavy atom. The Morgan fingerprint density at radius 3 is 2.95 bits per heavy atom. The summed E-state index contributed by atoms with van der Waals surface area (Å²) in [7, 11) is 0. The van der Waals surface area contributed by atoms with E-state index in [0.29, 0.717) is 17.0 Å². The van der Waals surface area contributed by atoms with Gasteiger partial charge in [-0.1, -0.05) is 18.3 Å². The Morgan fingerprint density at radius 1 is 1.58 bits per heavy atom. The largest absolute Gasteiger partial charge is 0.477 e. The van der Waals surface area contributed by atoms with Crippen LogP contribution in [0.15, 0.2) is 0 Å². The Bertz CT molecular complexity index is 445. The minimum absolute atomic E-state index is 0.237. The molecule has 0 amide bonds. The van der Waals surface area contributed by atoms with Crippen molar-refractivity contribution < 1.29 is 14.6 Å². The average molecular weight is 284 g/mol. The number of aromatic carboxylic acids is 1. The fourth-order valence-corrected chi connectivity index (χ4v) is 3.39. The molecule has 0 bridgehead atoms. The van der Waals surface area contributed by atoms with E-state index in [1.165, 1.54) is 11.3 Å². The fourth-order valence-electron chi connectivity index (χ4n) is 2.36. The molecule has 1 fully saturated rings. The summed E-state index contributed by atoms with van der Waals surface area (Å²) in [6.07, 6.45) is 3.03. The highest BCUT2D eigenvalue weighted by Crippen LogP contribution is 2.29. The van der Waals surface area contributed by atoms with Crippen LogP contribution in [0, 0.1) is 0 Å². The van der Waals surface area contributed by atoms with E-state index in [1.54, 1.807) is 0 Å². The third-order valence-corrected chi connectivity index (χ3v) is 4.41. The van der Waals surface area contributed by atoms with Crippen LogP contribution >= 0.6 is 11.3 Å². The van der Waals surface area contributed by atoms with Gasteiger partial charge < -0.3 is 14.7 Å². The highest BCUT2D eigenvalue weighted by atomic mass is 32.1. The highest BCUT2D eigenvalue weighted by Gasteiger charge is 2.25. The van der Waals surface area contributed by atoms with Crippen molar-refractivity contribution in [2.45, 2.75) is 39.2 Å². The van der Waals surface area contributed by atoms with Crippen molar-refractivity contribution in [3.05, 3.63) is 10.6 Å². The molecule has 1 aliphatic heterocycles. The molecule has 1 atom stereocenters. The molecule has 6 heteroatoms. The van der Waals surface area contributed by atoms with Gasteiger partial charge in [-0.15, -0.1) is 0 Å². The van der Waals surface area contributed by atoms with Crippen LogP contribution in [0.3, 0.4) is 0 Å². The van der Waals surface area contributed by atoms with Gasteiger partial charge in [0.15, 0.2) is 5.13 Å². The molecule has 2 heterocycles. The van der Waals surface area contributed by atoms with Gasteiger partial charge in [0, 0.05) is 19.7 Å². The van der Waals surface area contributed by atoms with Crippen LogP contribution in [-0.4, -0.2) is 41.9 Å². The van der Waals surface area contributed by atoms with Gasteiger partial charge in [-0.25, -0.2) is 9.78 Å². The molecule has 5 nitrogen and oxygen atoms in total. The van der Waals surface area contributed by atoms with Crippen molar-refractivity contribution in [3.8, 4) is 0 Å². The first-order valence-electron chi connectivity index (χ1n) is 6.75. The second kappa shape index (κ2) is 6.34. The summed E-state index contributed by atoms with van der Waals surface area (Å²) in [5.74, 6) is -0.876. The molecule has 19 heavy (non-hydrogen) atoms. The maximum atomic E-state index is 11.2. The third-order valence-electron chi connectivity index (χ3n) is 3.27. The first-order valence-corrected chi connectivity index (χ1v) is 7.56. The zero-order valence-electron chi connectivity index (χ0n) is 11.4. The Hall–Kier alpha value is -1.14. The second-order valence-corrected chi connectivity index (χ2v) is 5.57. The normalized spacial score (nSPS) is 19.7. The van der Waals surface area contributed by atoms with Crippen molar-refractivity contribution in [1.82, 2.24) is 4.98 Å². The monoisotopic (exact) mass is 284 g/mol. The molecule has 1 N–H and O–H groups in total. The van der Waals surface area contributed by atoms with Crippen LogP contribution in [0.1, 0.15) is 42.1 Å². The number of nitrogens with zero attached hydrogens (tertiary/aromatic N) is 2. The van der Waals surface area contributed by atoms with E-state index in [9.17, 15) is 9.90 Å². The van der Waals surface area contributed by atoms with Crippen molar-refractivity contribution in [1.29, 1.82) is 0 Å². The molecular weight excluding hydrogens is 264 g/mol. The quantitative estimate of drug-likeness (QED) is 0.899. The summed E-state index contributed by atoms with van der Waals surface area (Å²) in [4.78, 5) is 18.2. The van der Waals surface area contributed by atoms with Gasteiger partial charge >= 0.3 is 5.97 Å². The number of carbonyl (C=O) groups is 1. The standard InChI is InChI=1S/C13H20N2O3S/c1-3-10-11(12(16)17)19-13(14-10)15-7-5-6-9(8-15)18-4-2/h9H,3-8H2,1-2H3,(H,16,17). The van der Waals surface area contributed by atoms with E-state index in [1.807, 2.05) is 13.8 Å². The number of hydrogen-bond acceptors (Lipinski definition) is 5. The van der Waals surface area contributed by atoms with Gasteiger partial charge in [0.25, 0.3) is 0 Å². The maximum absolute atomic E-state index is 11.2. The summed E-state index contributed by atoms with van der Waals surface area (Å²) in [6, 6.07) is 0. The number of aryl methyl sites for hydroxylation is 1. The second-order valence-electron chi connectivity index (χ2n) is 4.60. The number of ether oxygens (including phenoxy) is 1. The summed E-state index contributed by atoms with van der Waals surface area (Å²) >= 11 is 1.28. The van der Waals surface area contributed by atoms with E-state index < -0.39 is 5.97 Å². The SMILES string of the molecule is CCOC1CCCN(c2nc(CC)c(C(=O)O)s2)C1. The molecule has 1 aromatic rings. The topological polar surface area (TPSA) is 62.7 Å². The van der Waals surface area contributed by atoms with E-state index >= 15 is 0 Å². The van der Waals surface area contributed by atoms with Crippen LogP contribution in [0.2, 0.25) is 0 Å². The Kier molecular flexibility index (Phi) is 4.76. The lowest BCUT2D eigenvalue weighted by Gasteiger charge is -2.32. The Labute approximate surface area is 117 Å². The number of rotatable bonds is 5. The predicted molar refractivity (Wildman–Crippen MR) is 75.3 cm³/mol. The van der Waals surface area contributed by atoms with E-state index in [-0.39, 0.29) is 6.10 Å². The van der Waals surface area contributed by atoms with E-state index in [0.717, 1.165) is 37.7 Å². The number of carboxylic acids is 1. The van der Waals surface area contributed by atoms with Crippen molar-refractivity contribution >= 4 is 22.4 Å². The van der Waals surface area contributed by atoms with Crippen LogP contribution in [0.4, 0.5) is 5.13 Å². The molecule has 0 spiro atoms. The van der Waals surface area contributed by atoms with Crippen LogP contribution in [0.25, 0.3) is 0 Å². The van der Waals surface area contributed by atoms with Crippen LogP contribution in [0.5, 0.6) is 0 Å². The first-order chi connectivity index (χ1) is 9.15. The van der Waals surface area contributed by atoms with Crippen molar-refractivity contribution in [2.24, 2.45) is 0 Å². The summed E-state index contributed by atoms with van der Waals surface area (Å²) < 4.78 is 5.66. The molecule has 1 unspecified atom stereocenters. The number of anilines is 1. The highest BCUT2D eigenvalue weighted by molar-refractivity contribution is 7.17. The molecule has 2 rings (SSSR count). The molecule has 0 aliphatic carbocycles. The third kappa shape index (κ3) is 3.25. The molecule has 1 aliphatic rings. The lowest BCUT2D eigenvalue weighted by molar-refractivity contribution is 0.0526. The van der Waals surface area contributed by atoms with Gasteiger partial charge in [-0.2, -0.15) is 0 Å². The van der Waals surface area contributed by atoms with Gasteiger partial charge in [0.05, 0.1) is 11.8 Å². The molecule has 0 aromatic carbocycles. The number of hydrogen-bond donors (Lipinski definition) is 1. The number of carboxylic acid groups (broad SMARTS) is 1. The molecule has 106 valence electrons. The fraction of sp³-hybridized carbons (Fsp3) is 0.692. The van der Waals surface area contributed by atoms with Gasteiger partial charge in [0.1, 0.15) is 4.88 Å². The number of thiazole rings is 1. The van der Waals surface area contributed by atoms with Gasteiger partial charge in [0.2, 0.25) is 0 Å². The van der Waals surface area contributed by atoms with Crippen LogP contribution < -0.4 is 4.90 Å². The number of piperidine rings is 1. The molecule has 0 radical (unpaired) electrons. The Balaban J connectivity index is 2.14. The smallest absolute Gasteiger partial charge is 0.347 e. The zero-order chi connectivity index (χ0) is 13.8. The van der Waals surface area contributed by atoms with Crippen molar-refractivity contribution in [2.75, 3.05) is 24.6 Å². The minimum atomic E-state index is -0.876. The number of aromatic nitrogens is 1. The lowest BCUT2D eigenvalue weighted by Crippen LogP contribution is -2.39. The average Bonchev–Trinajstić information content (AvgIpc) is 2.84. The maximum Gasteiger partial charge on any atom is 0.347 e. The molecular formula is C13H20N2O3S. The first kappa shape index (κ1) is 14.3. The molecule has 1 aromatic heterocycles. The minimum Gasteiger partial charge on any atom is -0.477 e. The summed E-state index contributed by atoms with van der Waals surface area (Å²) in [5, 5.41) is 9.99. The molecule has 0 saturated carbocycles. The predicted octanol–water partition coefficient (Wildman–Crippen LogP) is 2.41. The van der Waals surface area contributed by atoms with Crippen molar-refractivity contribution in [3.63, 3.8) is 0 Å². The lowest BCUT2D eigenvalue weighted by atomic mass is 10.1. The summed E-state index contributed by atoms with van der Waals surface area (Å²) in [6.45, 7) is 6.39.